The molecule has 0 radical (unpaired) electrons. The van der Waals surface area contributed by atoms with E-state index in [1.54, 1.807) is 13.8 Å². The van der Waals surface area contributed by atoms with E-state index in [4.69, 9.17) is 15.3 Å². The predicted molar refractivity (Wildman–Crippen MR) is 103 cm³/mol. The SMILES string of the molecule is CC(S)CC(=O)O.CC(S)CC(=O)O.OCC1=CC2CCC1(CO)C2. The first-order valence-corrected chi connectivity index (χ1v) is 9.32. The summed E-state index contributed by atoms with van der Waals surface area (Å²) < 4.78 is 0. The van der Waals surface area contributed by atoms with Crippen LogP contribution in [-0.4, -0.2) is 56.1 Å². The Bertz CT molecular complexity index is 444. The Balaban J connectivity index is 0.000000366. The molecular formula is C17H30O6S2. The molecule has 8 heteroatoms. The average Bonchev–Trinajstić information content (AvgIpc) is 3.03. The highest BCUT2D eigenvalue weighted by atomic mass is 32.1. The third-order valence-corrected chi connectivity index (χ3v) is 4.54. The third kappa shape index (κ3) is 9.53. The van der Waals surface area contributed by atoms with E-state index in [0.717, 1.165) is 18.4 Å². The van der Waals surface area contributed by atoms with Gasteiger partial charge in [0.05, 0.1) is 26.1 Å². The van der Waals surface area contributed by atoms with Gasteiger partial charge in [-0.05, 0) is 30.8 Å². The van der Waals surface area contributed by atoms with Gasteiger partial charge in [-0.25, -0.2) is 0 Å². The first kappa shape index (κ1) is 24.3. The molecule has 6 nitrogen and oxygen atoms in total. The fraction of sp³-hybridized carbons (Fsp3) is 0.765. The van der Waals surface area contributed by atoms with Gasteiger partial charge in [-0.15, -0.1) is 0 Å². The van der Waals surface area contributed by atoms with Crippen molar-refractivity contribution in [1.29, 1.82) is 0 Å². The standard InChI is InChI=1S/C9H14O2.2C4H8O2S/c10-5-8-3-7-1-2-9(8,4-7)6-11;2*1-3(7)2-4(5)6/h3,7,10-11H,1-2,4-6H2;2*3,7H,2H2,1H3,(H,5,6). The number of aliphatic hydroxyl groups is 2. The van der Waals surface area contributed by atoms with Crippen molar-refractivity contribution in [3.63, 3.8) is 0 Å². The molecule has 4 N–H and O–H groups in total. The third-order valence-electron chi connectivity index (χ3n) is 4.18. The summed E-state index contributed by atoms with van der Waals surface area (Å²) in [6, 6.07) is 0. The van der Waals surface area contributed by atoms with Gasteiger partial charge in [-0.1, -0.05) is 19.9 Å². The van der Waals surface area contributed by atoms with E-state index in [1.165, 1.54) is 6.42 Å². The van der Waals surface area contributed by atoms with Gasteiger partial charge < -0.3 is 20.4 Å². The summed E-state index contributed by atoms with van der Waals surface area (Å²) in [6.45, 7) is 3.85. The molecule has 0 spiro atoms. The lowest BCUT2D eigenvalue weighted by Gasteiger charge is -2.26. The second-order valence-electron chi connectivity index (χ2n) is 6.69. The smallest absolute Gasteiger partial charge is 0.304 e. The van der Waals surface area contributed by atoms with Gasteiger partial charge in [0, 0.05) is 15.9 Å². The van der Waals surface area contributed by atoms with Crippen LogP contribution in [-0.2, 0) is 9.59 Å². The second-order valence-corrected chi connectivity index (χ2v) is 8.45. The predicted octanol–water partition coefficient (Wildman–Crippen LogP) is 2.26. The molecule has 1 saturated carbocycles. The molecule has 2 bridgehead atoms. The molecule has 4 unspecified atom stereocenters. The molecule has 4 atom stereocenters. The largest absolute Gasteiger partial charge is 0.481 e. The molecule has 0 heterocycles. The Morgan fingerprint density at radius 3 is 1.84 bits per heavy atom. The number of carbonyl (C=O) groups is 2. The highest BCUT2D eigenvalue weighted by molar-refractivity contribution is 7.81. The maximum atomic E-state index is 9.76. The minimum atomic E-state index is -0.789. The Morgan fingerprint density at radius 2 is 1.64 bits per heavy atom. The lowest BCUT2D eigenvalue weighted by Crippen LogP contribution is -2.24. The molecule has 0 aromatic heterocycles. The second kappa shape index (κ2) is 11.8. The molecule has 2 rings (SSSR count). The molecule has 0 aliphatic heterocycles. The molecule has 1 fully saturated rings. The summed E-state index contributed by atoms with van der Waals surface area (Å²) in [5.74, 6) is -0.936. The normalized spacial score (nSPS) is 25.7. The molecule has 2 aliphatic carbocycles. The summed E-state index contributed by atoms with van der Waals surface area (Å²) in [6.07, 6.45) is 5.77. The number of fused-ring (bicyclic) bond motifs is 2. The van der Waals surface area contributed by atoms with Crippen molar-refractivity contribution in [1.82, 2.24) is 0 Å². The van der Waals surface area contributed by atoms with Crippen LogP contribution in [0, 0.1) is 11.3 Å². The summed E-state index contributed by atoms with van der Waals surface area (Å²) >= 11 is 7.71. The zero-order valence-corrected chi connectivity index (χ0v) is 16.5. The van der Waals surface area contributed by atoms with E-state index in [0.29, 0.717) is 5.92 Å². The Hall–Kier alpha value is -0.700. The molecule has 146 valence electrons. The zero-order chi connectivity index (χ0) is 19.6. The summed E-state index contributed by atoms with van der Waals surface area (Å²) in [5.41, 5.74) is 1.07. The number of hydrogen-bond acceptors (Lipinski definition) is 6. The zero-order valence-electron chi connectivity index (χ0n) is 14.8. The Morgan fingerprint density at radius 1 is 1.16 bits per heavy atom. The highest BCUT2D eigenvalue weighted by Crippen LogP contribution is 2.53. The van der Waals surface area contributed by atoms with E-state index in [-0.39, 0.29) is 42.0 Å². The van der Waals surface area contributed by atoms with Crippen LogP contribution in [0.15, 0.2) is 11.6 Å². The van der Waals surface area contributed by atoms with Gasteiger partial charge in [0.25, 0.3) is 0 Å². The fourth-order valence-electron chi connectivity index (χ4n) is 3.03. The average molecular weight is 395 g/mol. The number of rotatable bonds is 6. The van der Waals surface area contributed by atoms with Crippen LogP contribution in [0.5, 0.6) is 0 Å². The Labute approximate surface area is 160 Å². The molecular weight excluding hydrogens is 364 g/mol. The van der Waals surface area contributed by atoms with E-state index < -0.39 is 11.9 Å². The molecule has 0 saturated heterocycles. The maximum absolute atomic E-state index is 9.76. The molecule has 0 aromatic rings. The number of thiol groups is 2. The van der Waals surface area contributed by atoms with Gasteiger partial charge in [-0.2, -0.15) is 25.3 Å². The van der Waals surface area contributed by atoms with Crippen LogP contribution in [0.1, 0.15) is 46.0 Å². The highest BCUT2D eigenvalue weighted by Gasteiger charge is 2.45. The van der Waals surface area contributed by atoms with Gasteiger partial charge in [0.15, 0.2) is 0 Å². The fourth-order valence-corrected chi connectivity index (χ4v) is 3.35. The quantitative estimate of drug-likeness (QED) is 0.304. The number of aliphatic hydroxyl groups excluding tert-OH is 2. The first-order chi connectivity index (χ1) is 11.6. The molecule has 0 aromatic carbocycles. The van der Waals surface area contributed by atoms with Crippen LogP contribution < -0.4 is 0 Å². The van der Waals surface area contributed by atoms with Crippen molar-refractivity contribution >= 4 is 37.2 Å². The van der Waals surface area contributed by atoms with E-state index in [9.17, 15) is 14.7 Å². The number of hydrogen-bond donors (Lipinski definition) is 6. The van der Waals surface area contributed by atoms with Gasteiger partial charge >= 0.3 is 11.9 Å². The monoisotopic (exact) mass is 394 g/mol. The number of carboxylic acid groups (broad SMARTS) is 2. The van der Waals surface area contributed by atoms with Crippen LogP contribution >= 0.6 is 25.3 Å². The Kier molecular flexibility index (Phi) is 11.5. The van der Waals surface area contributed by atoms with Crippen LogP contribution in [0.3, 0.4) is 0 Å². The molecule has 25 heavy (non-hydrogen) atoms. The van der Waals surface area contributed by atoms with Crippen LogP contribution in [0.25, 0.3) is 0 Å². The van der Waals surface area contributed by atoms with Crippen molar-refractivity contribution in [2.45, 2.75) is 56.5 Å². The van der Waals surface area contributed by atoms with Gasteiger partial charge in [-0.3, -0.25) is 9.59 Å². The number of allylic oxidation sites excluding steroid dienone is 1. The van der Waals surface area contributed by atoms with E-state index in [1.807, 2.05) is 0 Å². The lowest BCUT2D eigenvalue weighted by molar-refractivity contribution is -0.137. The van der Waals surface area contributed by atoms with Crippen molar-refractivity contribution < 1.29 is 30.0 Å². The van der Waals surface area contributed by atoms with Crippen LogP contribution in [0.4, 0.5) is 0 Å². The van der Waals surface area contributed by atoms with Crippen LogP contribution in [0.2, 0.25) is 0 Å². The van der Waals surface area contributed by atoms with Crippen molar-refractivity contribution in [2.24, 2.45) is 11.3 Å². The van der Waals surface area contributed by atoms with Gasteiger partial charge in [0.2, 0.25) is 0 Å². The maximum Gasteiger partial charge on any atom is 0.304 e. The topological polar surface area (TPSA) is 115 Å². The minimum absolute atomic E-state index is 0.0145. The lowest BCUT2D eigenvalue weighted by atomic mass is 9.81. The van der Waals surface area contributed by atoms with E-state index in [2.05, 4.69) is 31.3 Å². The van der Waals surface area contributed by atoms with E-state index >= 15 is 0 Å². The molecule has 0 amide bonds. The number of aliphatic carboxylic acids is 2. The summed E-state index contributed by atoms with van der Waals surface area (Å²) in [4.78, 5) is 19.5. The molecule has 2 aliphatic rings. The summed E-state index contributed by atoms with van der Waals surface area (Å²) in [7, 11) is 0. The van der Waals surface area contributed by atoms with Crippen molar-refractivity contribution in [3.05, 3.63) is 11.6 Å². The number of carboxylic acids is 2. The van der Waals surface area contributed by atoms with Gasteiger partial charge in [0.1, 0.15) is 0 Å². The first-order valence-electron chi connectivity index (χ1n) is 8.29. The van der Waals surface area contributed by atoms with Crippen molar-refractivity contribution in [3.8, 4) is 0 Å². The summed E-state index contributed by atoms with van der Waals surface area (Å²) in [5, 5.41) is 34.2. The van der Waals surface area contributed by atoms with Crippen molar-refractivity contribution in [2.75, 3.05) is 13.2 Å². The minimum Gasteiger partial charge on any atom is -0.481 e.